The van der Waals surface area contributed by atoms with Crippen molar-refractivity contribution in [3.05, 3.63) is 41.4 Å². The van der Waals surface area contributed by atoms with E-state index in [1.54, 1.807) is 18.2 Å². The number of hydrogen-bond acceptors (Lipinski definition) is 4. The van der Waals surface area contributed by atoms with Gasteiger partial charge in [0.05, 0.1) is 0 Å². The van der Waals surface area contributed by atoms with Crippen LogP contribution >= 0.6 is 11.6 Å². The highest BCUT2D eigenvalue weighted by Crippen LogP contribution is 2.31. The van der Waals surface area contributed by atoms with E-state index in [9.17, 15) is 14.4 Å². The molecule has 0 heterocycles. The van der Waals surface area contributed by atoms with Gasteiger partial charge in [0, 0.05) is 15.8 Å². The molecule has 5 N–H and O–H groups in total. The Kier molecular flexibility index (Phi) is 5.02. The minimum atomic E-state index is -1.58. The van der Waals surface area contributed by atoms with Gasteiger partial charge in [0.25, 0.3) is 5.91 Å². The molecule has 0 fully saturated rings. The predicted molar refractivity (Wildman–Crippen MR) is 84.8 cm³/mol. The lowest BCUT2D eigenvalue weighted by Crippen LogP contribution is -2.53. The molecule has 120 valence electrons. The summed E-state index contributed by atoms with van der Waals surface area (Å²) in [6.45, 7) is -0.414. The number of nitrogens with one attached hydrogen (secondary N) is 1. The molecule has 0 bridgehead atoms. The van der Waals surface area contributed by atoms with Crippen LogP contribution in [0.4, 0.5) is 0 Å². The van der Waals surface area contributed by atoms with Crippen LogP contribution in [0, 0.1) is 0 Å². The van der Waals surface area contributed by atoms with Gasteiger partial charge in [0.2, 0.25) is 11.8 Å². The van der Waals surface area contributed by atoms with Crippen LogP contribution in [-0.4, -0.2) is 30.4 Å². The standard InChI is InChI=1S/C15H14ClN3O4/c16-10-5-6-11(9-4-2-1-3-8(9)10)23-7-12(20)19-13(14(17)21)15(18)22/h1-6,13H,7H2,(H2,17,21)(H2,18,22)(H,19,20). The maximum Gasteiger partial charge on any atom is 0.258 e. The number of benzene rings is 2. The van der Waals surface area contributed by atoms with E-state index in [1.807, 2.05) is 18.2 Å². The Hall–Kier alpha value is -2.80. The van der Waals surface area contributed by atoms with Crippen molar-refractivity contribution in [2.75, 3.05) is 6.61 Å². The zero-order valence-electron chi connectivity index (χ0n) is 11.9. The number of carbonyl (C=O) groups is 3. The molecule has 0 aliphatic heterocycles. The molecule has 0 spiro atoms. The molecule has 0 aliphatic carbocycles. The van der Waals surface area contributed by atoms with Crippen LogP contribution in [0.15, 0.2) is 36.4 Å². The van der Waals surface area contributed by atoms with Gasteiger partial charge in [-0.25, -0.2) is 0 Å². The van der Waals surface area contributed by atoms with E-state index >= 15 is 0 Å². The van der Waals surface area contributed by atoms with E-state index in [4.69, 9.17) is 27.8 Å². The molecule has 2 rings (SSSR count). The molecule has 0 aliphatic rings. The average molecular weight is 336 g/mol. The van der Waals surface area contributed by atoms with Crippen LogP contribution in [0.2, 0.25) is 5.02 Å². The van der Waals surface area contributed by atoms with E-state index in [2.05, 4.69) is 5.32 Å². The highest BCUT2D eigenvalue weighted by Gasteiger charge is 2.23. The van der Waals surface area contributed by atoms with Crippen molar-refractivity contribution in [3.8, 4) is 5.75 Å². The number of fused-ring (bicyclic) bond motifs is 1. The first-order valence-electron chi connectivity index (χ1n) is 6.58. The van der Waals surface area contributed by atoms with E-state index in [-0.39, 0.29) is 0 Å². The van der Waals surface area contributed by atoms with Crippen molar-refractivity contribution < 1.29 is 19.1 Å². The summed E-state index contributed by atoms with van der Waals surface area (Å²) in [5, 5.41) is 4.17. The Balaban J connectivity index is 2.09. The molecule has 8 heteroatoms. The van der Waals surface area contributed by atoms with E-state index in [0.717, 1.165) is 10.8 Å². The van der Waals surface area contributed by atoms with Crippen molar-refractivity contribution in [1.82, 2.24) is 5.32 Å². The van der Waals surface area contributed by atoms with Crippen molar-refractivity contribution in [3.63, 3.8) is 0 Å². The third kappa shape index (κ3) is 3.89. The third-order valence-corrected chi connectivity index (χ3v) is 3.39. The minimum absolute atomic E-state index is 0.414. The topological polar surface area (TPSA) is 125 Å². The number of primary amides is 2. The van der Waals surface area contributed by atoms with Crippen LogP contribution in [-0.2, 0) is 14.4 Å². The normalized spacial score (nSPS) is 10.5. The Labute approximate surface area is 136 Å². The van der Waals surface area contributed by atoms with Crippen molar-refractivity contribution >= 4 is 40.1 Å². The van der Waals surface area contributed by atoms with Gasteiger partial charge in [-0.1, -0.05) is 35.9 Å². The maximum atomic E-state index is 11.8. The highest BCUT2D eigenvalue weighted by atomic mass is 35.5. The maximum absolute atomic E-state index is 11.8. The zero-order chi connectivity index (χ0) is 17.0. The van der Waals surface area contributed by atoms with Crippen molar-refractivity contribution in [2.45, 2.75) is 6.04 Å². The van der Waals surface area contributed by atoms with Gasteiger partial charge in [-0.2, -0.15) is 0 Å². The summed E-state index contributed by atoms with van der Waals surface area (Å²) in [4.78, 5) is 33.8. The van der Waals surface area contributed by atoms with E-state index < -0.39 is 30.4 Å². The van der Waals surface area contributed by atoms with Gasteiger partial charge in [-0.05, 0) is 12.1 Å². The summed E-state index contributed by atoms with van der Waals surface area (Å²) in [6, 6.07) is 8.94. The second-order valence-corrected chi connectivity index (χ2v) is 5.09. The largest absolute Gasteiger partial charge is 0.483 e. The fraction of sp³-hybridized carbons (Fsp3) is 0.133. The summed E-state index contributed by atoms with van der Waals surface area (Å²) in [7, 11) is 0. The molecular weight excluding hydrogens is 322 g/mol. The monoisotopic (exact) mass is 335 g/mol. The van der Waals surface area contributed by atoms with Gasteiger partial charge in [-0.3, -0.25) is 14.4 Å². The first kappa shape index (κ1) is 16.6. The van der Waals surface area contributed by atoms with Gasteiger partial charge in [-0.15, -0.1) is 0 Å². The van der Waals surface area contributed by atoms with Gasteiger partial charge in [0.15, 0.2) is 12.6 Å². The lowest BCUT2D eigenvalue weighted by atomic mass is 10.1. The van der Waals surface area contributed by atoms with Gasteiger partial charge >= 0.3 is 0 Å². The minimum Gasteiger partial charge on any atom is -0.483 e. The van der Waals surface area contributed by atoms with Crippen LogP contribution in [0.5, 0.6) is 5.75 Å². The molecule has 23 heavy (non-hydrogen) atoms. The fourth-order valence-corrected chi connectivity index (χ4v) is 2.22. The number of halogens is 1. The molecular formula is C15H14ClN3O4. The van der Waals surface area contributed by atoms with E-state index in [0.29, 0.717) is 10.8 Å². The molecule has 0 aromatic heterocycles. The Morgan fingerprint density at radius 1 is 1.04 bits per heavy atom. The lowest BCUT2D eigenvalue weighted by molar-refractivity contribution is -0.134. The Morgan fingerprint density at radius 3 is 2.26 bits per heavy atom. The first-order valence-corrected chi connectivity index (χ1v) is 6.96. The number of hydrogen-bond donors (Lipinski definition) is 3. The molecule has 7 nitrogen and oxygen atoms in total. The Bertz CT molecular complexity index is 764. The van der Waals surface area contributed by atoms with Crippen LogP contribution < -0.4 is 21.5 Å². The molecule has 2 aromatic rings. The number of nitrogens with two attached hydrogens (primary N) is 2. The molecule has 0 unspecified atom stereocenters. The fourth-order valence-electron chi connectivity index (χ4n) is 1.99. The lowest BCUT2D eigenvalue weighted by Gasteiger charge is -2.13. The van der Waals surface area contributed by atoms with Crippen molar-refractivity contribution in [1.29, 1.82) is 0 Å². The number of ether oxygens (including phenoxy) is 1. The van der Waals surface area contributed by atoms with Gasteiger partial charge < -0.3 is 21.5 Å². The number of rotatable bonds is 6. The summed E-state index contributed by atoms with van der Waals surface area (Å²) >= 11 is 6.09. The zero-order valence-corrected chi connectivity index (χ0v) is 12.7. The number of amides is 3. The second-order valence-electron chi connectivity index (χ2n) is 4.69. The second kappa shape index (κ2) is 6.97. The molecule has 0 saturated heterocycles. The highest BCUT2D eigenvalue weighted by molar-refractivity contribution is 6.35. The van der Waals surface area contributed by atoms with Crippen LogP contribution in [0.1, 0.15) is 0 Å². The predicted octanol–water partition coefficient (Wildman–Crippen LogP) is 0.327. The number of carbonyl (C=O) groups excluding carboxylic acids is 3. The van der Waals surface area contributed by atoms with Gasteiger partial charge in [0.1, 0.15) is 5.75 Å². The molecule has 3 amide bonds. The summed E-state index contributed by atoms with van der Waals surface area (Å²) in [5.74, 6) is -2.34. The van der Waals surface area contributed by atoms with Crippen LogP contribution in [0.3, 0.4) is 0 Å². The van der Waals surface area contributed by atoms with Crippen molar-refractivity contribution in [2.24, 2.45) is 11.5 Å². The molecule has 2 aromatic carbocycles. The summed E-state index contributed by atoms with van der Waals surface area (Å²) in [6.07, 6.45) is 0. The summed E-state index contributed by atoms with van der Waals surface area (Å²) in [5.41, 5.74) is 9.95. The SMILES string of the molecule is NC(=O)C(NC(=O)COc1ccc(Cl)c2ccccc12)C(N)=O. The third-order valence-electron chi connectivity index (χ3n) is 3.06. The molecule has 0 radical (unpaired) electrons. The van der Waals surface area contributed by atoms with Crippen LogP contribution in [0.25, 0.3) is 10.8 Å². The summed E-state index contributed by atoms with van der Waals surface area (Å²) < 4.78 is 5.42. The first-order chi connectivity index (χ1) is 10.9. The Morgan fingerprint density at radius 2 is 1.65 bits per heavy atom. The molecule has 0 atom stereocenters. The average Bonchev–Trinajstić information content (AvgIpc) is 2.51. The van der Waals surface area contributed by atoms with E-state index in [1.165, 1.54) is 0 Å². The molecule has 0 saturated carbocycles. The smallest absolute Gasteiger partial charge is 0.258 e. The quantitative estimate of drug-likeness (QED) is 0.658.